The van der Waals surface area contributed by atoms with Crippen LogP contribution in [0.3, 0.4) is 0 Å². The normalized spacial score (nSPS) is 17.8. The van der Waals surface area contributed by atoms with Crippen molar-refractivity contribution < 1.29 is 9.90 Å². The number of benzene rings is 1. The molecule has 0 heterocycles. The third-order valence-electron chi connectivity index (χ3n) is 2.88. The molecule has 0 bridgehead atoms. The Balaban J connectivity index is 2.36. The topological polar surface area (TPSA) is 37.3 Å². The average molecular weight is 208 g/mol. The monoisotopic (exact) mass is 208 g/mol. The van der Waals surface area contributed by atoms with Crippen LogP contribution in [0.2, 0.25) is 0 Å². The summed E-state index contributed by atoms with van der Waals surface area (Å²) in [6, 6.07) is 7.20. The number of thiol groups is 1. The van der Waals surface area contributed by atoms with Gasteiger partial charge in [0.05, 0.1) is 5.56 Å². The van der Waals surface area contributed by atoms with Gasteiger partial charge >= 0.3 is 5.97 Å². The van der Waals surface area contributed by atoms with Crippen LogP contribution >= 0.6 is 12.6 Å². The first-order valence-electron chi connectivity index (χ1n) is 4.63. The fourth-order valence-corrected chi connectivity index (χ4v) is 2.17. The van der Waals surface area contributed by atoms with E-state index in [9.17, 15) is 4.79 Å². The van der Waals surface area contributed by atoms with Crippen molar-refractivity contribution in [2.45, 2.75) is 18.3 Å². The van der Waals surface area contributed by atoms with Gasteiger partial charge in [-0.2, -0.15) is 12.6 Å². The lowest BCUT2D eigenvalue weighted by molar-refractivity contribution is 0.0697. The van der Waals surface area contributed by atoms with E-state index in [2.05, 4.69) is 12.6 Å². The molecule has 1 saturated carbocycles. The van der Waals surface area contributed by atoms with Crippen molar-refractivity contribution in [3.63, 3.8) is 0 Å². The molecule has 0 spiro atoms. The van der Waals surface area contributed by atoms with Gasteiger partial charge in [0, 0.05) is 5.41 Å². The predicted molar refractivity (Wildman–Crippen MR) is 58.2 cm³/mol. The number of carboxylic acids is 1. The van der Waals surface area contributed by atoms with Crippen molar-refractivity contribution in [3.8, 4) is 0 Å². The second-order valence-electron chi connectivity index (χ2n) is 3.82. The minimum absolute atomic E-state index is 0.161. The molecule has 1 N–H and O–H groups in total. The molecule has 0 aliphatic heterocycles. The molecule has 0 atom stereocenters. The zero-order valence-electron chi connectivity index (χ0n) is 7.73. The lowest BCUT2D eigenvalue weighted by Gasteiger charge is -2.12. The summed E-state index contributed by atoms with van der Waals surface area (Å²) >= 11 is 4.31. The maximum Gasteiger partial charge on any atom is 0.335 e. The molecule has 2 rings (SSSR count). The summed E-state index contributed by atoms with van der Waals surface area (Å²) in [4.78, 5) is 10.8. The lowest BCUT2D eigenvalue weighted by atomic mass is 9.96. The Labute approximate surface area is 88.4 Å². The van der Waals surface area contributed by atoms with Crippen LogP contribution < -0.4 is 0 Å². The first-order valence-corrected chi connectivity index (χ1v) is 5.26. The third-order valence-corrected chi connectivity index (χ3v) is 3.48. The van der Waals surface area contributed by atoms with Crippen LogP contribution in [0.5, 0.6) is 0 Å². The Hall–Kier alpha value is -0.960. The SMILES string of the molecule is O=C(O)c1cccc(C2(CS)CC2)c1. The molecule has 1 aliphatic rings. The van der Waals surface area contributed by atoms with Gasteiger partial charge in [0.2, 0.25) is 0 Å². The molecule has 2 nitrogen and oxygen atoms in total. The Kier molecular flexibility index (Phi) is 2.27. The molecule has 0 saturated heterocycles. The minimum atomic E-state index is -0.859. The maximum atomic E-state index is 10.8. The highest BCUT2D eigenvalue weighted by Gasteiger charge is 2.42. The lowest BCUT2D eigenvalue weighted by Crippen LogP contribution is -2.09. The fourth-order valence-electron chi connectivity index (χ4n) is 1.67. The zero-order valence-corrected chi connectivity index (χ0v) is 8.63. The molecule has 74 valence electrons. The largest absolute Gasteiger partial charge is 0.478 e. The molecule has 1 aromatic rings. The van der Waals surface area contributed by atoms with Crippen molar-refractivity contribution in [1.29, 1.82) is 0 Å². The Morgan fingerprint density at radius 3 is 2.71 bits per heavy atom. The molecular formula is C11H12O2S. The van der Waals surface area contributed by atoms with E-state index >= 15 is 0 Å². The van der Waals surface area contributed by atoms with Crippen molar-refractivity contribution in [2.24, 2.45) is 0 Å². The molecule has 1 aromatic carbocycles. The molecule has 0 unspecified atom stereocenters. The van der Waals surface area contributed by atoms with Crippen molar-refractivity contribution >= 4 is 18.6 Å². The van der Waals surface area contributed by atoms with Crippen LogP contribution in [0.25, 0.3) is 0 Å². The van der Waals surface area contributed by atoms with Crippen LogP contribution in [0.1, 0.15) is 28.8 Å². The molecule has 0 amide bonds. The molecular weight excluding hydrogens is 196 g/mol. The van der Waals surface area contributed by atoms with E-state index in [1.54, 1.807) is 12.1 Å². The van der Waals surface area contributed by atoms with Gasteiger partial charge in [-0.3, -0.25) is 0 Å². The Bertz CT molecular complexity index is 369. The van der Waals surface area contributed by atoms with Gasteiger partial charge in [-0.1, -0.05) is 12.1 Å². The number of carbonyl (C=O) groups is 1. The number of carboxylic acid groups (broad SMARTS) is 1. The number of hydrogen-bond donors (Lipinski definition) is 2. The van der Waals surface area contributed by atoms with Gasteiger partial charge < -0.3 is 5.11 Å². The van der Waals surface area contributed by atoms with E-state index in [1.807, 2.05) is 12.1 Å². The van der Waals surface area contributed by atoms with E-state index in [0.29, 0.717) is 5.56 Å². The van der Waals surface area contributed by atoms with Gasteiger partial charge in [-0.05, 0) is 36.3 Å². The van der Waals surface area contributed by atoms with E-state index in [-0.39, 0.29) is 5.41 Å². The summed E-state index contributed by atoms with van der Waals surface area (Å²) in [6.45, 7) is 0. The maximum absolute atomic E-state index is 10.8. The first-order chi connectivity index (χ1) is 6.68. The van der Waals surface area contributed by atoms with E-state index in [4.69, 9.17) is 5.11 Å². The summed E-state index contributed by atoms with van der Waals surface area (Å²) < 4.78 is 0. The number of rotatable bonds is 3. The standard InChI is InChI=1S/C11H12O2S/c12-10(13)8-2-1-3-9(6-8)11(7-14)4-5-11/h1-3,6,14H,4-5,7H2,(H,12,13). The Morgan fingerprint density at radius 1 is 1.50 bits per heavy atom. The second-order valence-corrected chi connectivity index (χ2v) is 4.14. The smallest absolute Gasteiger partial charge is 0.335 e. The van der Waals surface area contributed by atoms with Gasteiger partial charge in [0.15, 0.2) is 0 Å². The highest BCUT2D eigenvalue weighted by atomic mass is 32.1. The quantitative estimate of drug-likeness (QED) is 0.748. The van der Waals surface area contributed by atoms with Gasteiger partial charge in [-0.15, -0.1) is 0 Å². The van der Waals surface area contributed by atoms with Crippen LogP contribution in [0.4, 0.5) is 0 Å². The van der Waals surface area contributed by atoms with Crippen molar-refractivity contribution in [3.05, 3.63) is 35.4 Å². The Morgan fingerprint density at radius 2 is 2.21 bits per heavy atom. The summed E-state index contributed by atoms with van der Waals surface area (Å²) in [7, 11) is 0. The van der Waals surface area contributed by atoms with Gasteiger partial charge in [0.25, 0.3) is 0 Å². The molecule has 1 fully saturated rings. The summed E-state index contributed by atoms with van der Waals surface area (Å²) in [5.74, 6) is -0.0578. The molecule has 0 radical (unpaired) electrons. The summed E-state index contributed by atoms with van der Waals surface area (Å²) in [6.07, 6.45) is 2.25. The number of aromatic carboxylic acids is 1. The van der Waals surface area contributed by atoms with Crippen molar-refractivity contribution in [1.82, 2.24) is 0 Å². The minimum Gasteiger partial charge on any atom is -0.478 e. The van der Waals surface area contributed by atoms with Crippen molar-refractivity contribution in [2.75, 3.05) is 5.75 Å². The third kappa shape index (κ3) is 1.52. The van der Waals surface area contributed by atoms with Crippen LogP contribution in [0, 0.1) is 0 Å². The molecule has 14 heavy (non-hydrogen) atoms. The average Bonchev–Trinajstić information content (AvgIpc) is 2.98. The van der Waals surface area contributed by atoms with E-state index in [0.717, 1.165) is 24.2 Å². The highest BCUT2D eigenvalue weighted by Crippen LogP contribution is 2.48. The van der Waals surface area contributed by atoms with Crippen LogP contribution in [-0.4, -0.2) is 16.8 Å². The first kappa shape index (κ1) is 9.59. The molecule has 3 heteroatoms. The molecule has 1 aliphatic carbocycles. The van der Waals surface area contributed by atoms with Gasteiger partial charge in [0.1, 0.15) is 0 Å². The fraction of sp³-hybridized carbons (Fsp3) is 0.364. The van der Waals surface area contributed by atoms with Crippen LogP contribution in [0.15, 0.2) is 24.3 Å². The zero-order chi connectivity index (χ0) is 10.2. The van der Waals surface area contributed by atoms with E-state index < -0.39 is 5.97 Å². The summed E-state index contributed by atoms with van der Waals surface area (Å²) in [5.41, 5.74) is 1.65. The predicted octanol–water partition coefficient (Wildman–Crippen LogP) is 2.35. The van der Waals surface area contributed by atoms with E-state index in [1.165, 1.54) is 0 Å². The number of hydrogen-bond acceptors (Lipinski definition) is 2. The summed E-state index contributed by atoms with van der Waals surface area (Å²) in [5, 5.41) is 8.85. The molecule has 0 aromatic heterocycles. The highest BCUT2D eigenvalue weighted by molar-refractivity contribution is 7.80. The van der Waals surface area contributed by atoms with Gasteiger partial charge in [-0.25, -0.2) is 4.79 Å². The second kappa shape index (κ2) is 3.31. The van der Waals surface area contributed by atoms with Crippen LogP contribution in [-0.2, 0) is 5.41 Å².